The van der Waals surface area contributed by atoms with E-state index in [1.807, 2.05) is 0 Å². The average molecular weight is 252 g/mol. The zero-order valence-electron chi connectivity index (χ0n) is 9.93. The number of nitrogens with zero attached hydrogens (tertiary/aromatic N) is 3. The molecule has 0 bridgehead atoms. The summed E-state index contributed by atoms with van der Waals surface area (Å²) in [5.41, 5.74) is 0.520. The first-order valence-corrected chi connectivity index (χ1v) is 5.09. The number of nitriles is 3. The highest BCUT2D eigenvalue weighted by Crippen LogP contribution is 2.19. The molecule has 1 rings (SSSR count). The van der Waals surface area contributed by atoms with Crippen LogP contribution in [0.4, 0.5) is 5.69 Å². The highest BCUT2D eigenvalue weighted by atomic mass is 16.4. The maximum absolute atomic E-state index is 10.9. The third-order valence-electron chi connectivity index (χ3n) is 2.33. The minimum absolute atomic E-state index is 0.0425. The van der Waals surface area contributed by atoms with E-state index in [0.29, 0.717) is 11.3 Å². The highest BCUT2D eigenvalue weighted by Gasteiger charge is 2.10. The average Bonchev–Trinajstić information content (AvgIpc) is 2.40. The molecule has 1 aromatic carbocycles. The molecule has 0 aromatic heterocycles. The number of nitrogens with one attached hydrogen (secondary N) is 1. The van der Waals surface area contributed by atoms with Gasteiger partial charge in [0.05, 0.1) is 5.56 Å². The molecule has 19 heavy (non-hydrogen) atoms. The zero-order valence-corrected chi connectivity index (χ0v) is 9.93. The van der Waals surface area contributed by atoms with Crippen molar-refractivity contribution in [1.82, 2.24) is 0 Å². The molecule has 0 heterocycles. The van der Waals surface area contributed by atoms with Crippen LogP contribution < -0.4 is 5.32 Å². The molecule has 0 aliphatic heterocycles. The van der Waals surface area contributed by atoms with Crippen molar-refractivity contribution in [1.29, 1.82) is 15.8 Å². The Morgan fingerprint density at radius 1 is 1.21 bits per heavy atom. The molecule has 1 aromatic rings. The van der Waals surface area contributed by atoms with E-state index in [1.165, 1.54) is 12.1 Å². The number of aromatic carboxylic acids is 1. The van der Waals surface area contributed by atoms with Crippen molar-refractivity contribution in [2.24, 2.45) is 0 Å². The van der Waals surface area contributed by atoms with Crippen molar-refractivity contribution < 1.29 is 9.90 Å². The number of carboxylic acids is 1. The molecule has 0 atom stereocenters. The Balaban J connectivity index is 3.27. The van der Waals surface area contributed by atoms with Gasteiger partial charge in [-0.05, 0) is 24.6 Å². The van der Waals surface area contributed by atoms with Crippen LogP contribution in [0.1, 0.15) is 15.9 Å². The Bertz CT molecular complexity index is 668. The number of rotatable bonds is 3. The number of carboxylic acid groups (broad SMARTS) is 1. The van der Waals surface area contributed by atoms with Gasteiger partial charge in [0.15, 0.2) is 5.57 Å². The maximum Gasteiger partial charge on any atom is 0.335 e. The fraction of sp³-hybridized carbons (Fsp3) is 0.0769. The minimum Gasteiger partial charge on any atom is -0.478 e. The summed E-state index contributed by atoms with van der Waals surface area (Å²) in [4.78, 5) is 10.9. The lowest BCUT2D eigenvalue weighted by Gasteiger charge is -2.09. The molecule has 0 saturated heterocycles. The topological polar surface area (TPSA) is 121 Å². The molecule has 0 amide bonds. The van der Waals surface area contributed by atoms with Gasteiger partial charge in [-0.2, -0.15) is 15.8 Å². The molecule has 0 fully saturated rings. The smallest absolute Gasteiger partial charge is 0.335 e. The number of allylic oxidation sites excluding steroid dienone is 2. The van der Waals surface area contributed by atoms with Crippen molar-refractivity contribution >= 4 is 11.7 Å². The van der Waals surface area contributed by atoms with Crippen LogP contribution in [0.3, 0.4) is 0 Å². The Labute approximate surface area is 109 Å². The first kappa shape index (κ1) is 13.8. The quantitative estimate of drug-likeness (QED) is 0.793. The first-order valence-electron chi connectivity index (χ1n) is 5.09. The number of hydrogen-bond donors (Lipinski definition) is 2. The monoisotopic (exact) mass is 252 g/mol. The number of aryl methyl sites for hydroxylation is 1. The number of hydrogen-bond acceptors (Lipinski definition) is 5. The second kappa shape index (κ2) is 5.86. The van der Waals surface area contributed by atoms with E-state index in [-0.39, 0.29) is 16.8 Å². The molecular formula is C13H8N4O2. The van der Waals surface area contributed by atoms with Crippen molar-refractivity contribution in [3.8, 4) is 18.2 Å². The Kier molecular flexibility index (Phi) is 4.24. The molecule has 6 nitrogen and oxygen atoms in total. The first-order chi connectivity index (χ1) is 9.03. The van der Waals surface area contributed by atoms with E-state index >= 15 is 0 Å². The van der Waals surface area contributed by atoms with Crippen molar-refractivity contribution in [2.75, 3.05) is 5.32 Å². The summed E-state index contributed by atoms with van der Waals surface area (Å²) in [6, 6.07) is 9.23. The third-order valence-corrected chi connectivity index (χ3v) is 2.33. The highest BCUT2D eigenvalue weighted by molar-refractivity contribution is 5.89. The number of benzene rings is 1. The van der Waals surface area contributed by atoms with Gasteiger partial charge in [-0.15, -0.1) is 0 Å². The lowest BCUT2D eigenvalue weighted by Crippen LogP contribution is -2.04. The molecule has 0 saturated carbocycles. The molecule has 0 aliphatic carbocycles. The standard InChI is InChI=1S/C13H8N4O2/c1-8-2-3-9(13(18)19)4-11(8)17-12(7-16)10(5-14)6-15/h2-4,17H,1H3,(H,18,19). The van der Waals surface area contributed by atoms with Crippen LogP contribution in [0.25, 0.3) is 0 Å². The van der Waals surface area contributed by atoms with Crippen LogP contribution in [-0.2, 0) is 0 Å². The van der Waals surface area contributed by atoms with E-state index < -0.39 is 5.97 Å². The number of carbonyl (C=O) groups is 1. The van der Waals surface area contributed by atoms with Gasteiger partial charge in [-0.3, -0.25) is 0 Å². The summed E-state index contributed by atoms with van der Waals surface area (Å²) in [5.74, 6) is -1.11. The van der Waals surface area contributed by atoms with Crippen LogP contribution in [0.5, 0.6) is 0 Å². The van der Waals surface area contributed by atoms with Gasteiger partial charge in [-0.1, -0.05) is 6.07 Å². The minimum atomic E-state index is -1.11. The van der Waals surface area contributed by atoms with Gasteiger partial charge < -0.3 is 10.4 Å². The lowest BCUT2D eigenvalue weighted by atomic mass is 10.1. The van der Waals surface area contributed by atoms with Gasteiger partial charge in [-0.25, -0.2) is 4.79 Å². The predicted molar refractivity (Wildman–Crippen MR) is 65.6 cm³/mol. The van der Waals surface area contributed by atoms with Crippen molar-refractivity contribution in [3.05, 3.63) is 40.6 Å². The van der Waals surface area contributed by atoms with E-state index in [1.54, 1.807) is 31.2 Å². The zero-order chi connectivity index (χ0) is 14.4. The Morgan fingerprint density at radius 3 is 2.32 bits per heavy atom. The summed E-state index contributed by atoms with van der Waals surface area (Å²) < 4.78 is 0. The fourth-order valence-corrected chi connectivity index (χ4v) is 1.31. The summed E-state index contributed by atoms with van der Waals surface area (Å²) >= 11 is 0. The van der Waals surface area contributed by atoms with E-state index in [2.05, 4.69) is 5.32 Å². The number of anilines is 1. The largest absolute Gasteiger partial charge is 0.478 e. The second-order valence-corrected chi connectivity index (χ2v) is 3.55. The van der Waals surface area contributed by atoms with E-state index in [4.69, 9.17) is 20.9 Å². The molecule has 92 valence electrons. The van der Waals surface area contributed by atoms with Crippen molar-refractivity contribution in [2.45, 2.75) is 6.92 Å². The molecular weight excluding hydrogens is 244 g/mol. The van der Waals surface area contributed by atoms with Crippen LogP contribution in [0.15, 0.2) is 29.5 Å². The summed E-state index contributed by atoms with van der Waals surface area (Å²) in [7, 11) is 0. The summed E-state index contributed by atoms with van der Waals surface area (Å²) in [5, 5.41) is 37.8. The lowest BCUT2D eigenvalue weighted by molar-refractivity contribution is 0.0697. The molecule has 0 aliphatic rings. The second-order valence-electron chi connectivity index (χ2n) is 3.55. The summed E-state index contributed by atoms with van der Waals surface area (Å²) in [6.07, 6.45) is 0. The van der Waals surface area contributed by atoms with Crippen LogP contribution in [-0.4, -0.2) is 11.1 Å². The predicted octanol–water partition coefficient (Wildman–Crippen LogP) is 1.93. The SMILES string of the molecule is Cc1ccc(C(=O)O)cc1NC(C#N)=C(C#N)C#N. The van der Waals surface area contributed by atoms with E-state index in [9.17, 15) is 4.79 Å². The Hall–Kier alpha value is -3.30. The van der Waals surface area contributed by atoms with Crippen LogP contribution in [0.2, 0.25) is 0 Å². The molecule has 0 spiro atoms. The molecule has 0 unspecified atom stereocenters. The van der Waals surface area contributed by atoms with Gasteiger partial charge in [0.1, 0.15) is 23.9 Å². The third kappa shape index (κ3) is 3.09. The van der Waals surface area contributed by atoms with Gasteiger partial charge in [0.25, 0.3) is 0 Å². The molecule has 0 radical (unpaired) electrons. The fourth-order valence-electron chi connectivity index (χ4n) is 1.31. The molecule has 6 heteroatoms. The van der Waals surface area contributed by atoms with Gasteiger partial charge in [0, 0.05) is 5.69 Å². The molecule has 2 N–H and O–H groups in total. The van der Waals surface area contributed by atoms with E-state index in [0.717, 1.165) is 0 Å². The van der Waals surface area contributed by atoms with Gasteiger partial charge in [0.2, 0.25) is 0 Å². The summed E-state index contributed by atoms with van der Waals surface area (Å²) in [6.45, 7) is 1.71. The van der Waals surface area contributed by atoms with Crippen LogP contribution >= 0.6 is 0 Å². The van der Waals surface area contributed by atoms with Gasteiger partial charge >= 0.3 is 5.97 Å². The normalized spacial score (nSPS) is 8.53. The Morgan fingerprint density at radius 2 is 1.84 bits per heavy atom. The maximum atomic E-state index is 10.9. The van der Waals surface area contributed by atoms with Crippen LogP contribution in [0, 0.1) is 40.9 Å². The van der Waals surface area contributed by atoms with Crippen molar-refractivity contribution in [3.63, 3.8) is 0 Å².